The summed E-state index contributed by atoms with van der Waals surface area (Å²) in [7, 11) is -4.20. The lowest BCUT2D eigenvalue weighted by atomic mass is 10.2. The molecule has 0 aliphatic rings. The van der Waals surface area contributed by atoms with Gasteiger partial charge in [0.15, 0.2) is 0 Å². The van der Waals surface area contributed by atoms with E-state index in [4.69, 9.17) is 5.73 Å². The average Bonchev–Trinajstić information content (AvgIpc) is 2.35. The first kappa shape index (κ1) is 16.5. The van der Waals surface area contributed by atoms with Crippen molar-refractivity contribution in [2.75, 3.05) is 6.26 Å². The summed E-state index contributed by atoms with van der Waals surface area (Å²) in [5.41, 5.74) is 6.14. The lowest BCUT2D eigenvalue weighted by molar-refractivity contribution is 0.0486. The van der Waals surface area contributed by atoms with Crippen LogP contribution in [0.15, 0.2) is 24.3 Å². The van der Waals surface area contributed by atoms with E-state index in [0.717, 1.165) is 5.56 Å². The standard InChI is InChI=1S/C9H12N2O7S2/c1-20(15,16)18-11(19(13)14)9(12)17-8-4-2-7(6-10)3-5-8/h2-5H,6,10H2,1H3,(H,13,14)/p-1. The van der Waals surface area contributed by atoms with Gasteiger partial charge in [0.2, 0.25) is 0 Å². The first-order chi connectivity index (χ1) is 9.23. The van der Waals surface area contributed by atoms with E-state index in [2.05, 4.69) is 9.02 Å². The Morgan fingerprint density at radius 1 is 1.40 bits per heavy atom. The van der Waals surface area contributed by atoms with Crippen molar-refractivity contribution in [2.45, 2.75) is 6.54 Å². The molecule has 1 atom stereocenters. The predicted molar refractivity (Wildman–Crippen MR) is 67.0 cm³/mol. The molecule has 0 saturated heterocycles. The van der Waals surface area contributed by atoms with Crippen molar-refractivity contribution in [1.82, 2.24) is 4.47 Å². The van der Waals surface area contributed by atoms with Crippen LogP contribution >= 0.6 is 0 Å². The lowest BCUT2D eigenvalue weighted by Crippen LogP contribution is -2.36. The van der Waals surface area contributed by atoms with Crippen LogP contribution in [0.5, 0.6) is 5.75 Å². The van der Waals surface area contributed by atoms with Crippen molar-refractivity contribution in [1.29, 1.82) is 0 Å². The number of ether oxygens (including phenoxy) is 1. The fraction of sp³-hybridized carbons (Fsp3) is 0.222. The van der Waals surface area contributed by atoms with Crippen molar-refractivity contribution in [3.63, 3.8) is 0 Å². The van der Waals surface area contributed by atoms with Crippen LogP contribution in [-0.2, 0) is 32.2 Å². The van der Waals surface area contributed by atoms with Crippen molar-refractivity contribution in [3.8, 4) is 5.75 Å². The molecule has 0 bridgehead atoms. The topological polar surface area (TPSA) is 139 Å². The number of benzene rings is 1. The van der Waals surface area contributed by atoms with Crippen LogP contribution < -0.4 is 10.5 Å². The Hall–Kier alpha value is -1.53. The minimum atomic E-state index is -4.20. The second kappa shape index (κ2) is 6.76. The summed E-state index contributed by atoms with van der Waals surface area (Å²) in [5.74, 6) is -0.000231. The van der Waals surface area contributed by atoms with Crippen molar-refractivity contribution in [2.24, 2.45) is 5.73 Å². The van der Waals surface area contributed by atoms with Gasteiger partial charge in [0.1, 0.15) is 5.75 Å². The second-order valence-corrected chi connectivity index (χ2v) is 5.79. The third-order valence-corrected chi connectivity index (χ3v) is 2.86. The summed E-state index contributed by atoms with van der Waals surface area (Å²) in [6.45, 7) is 0.280. The summed E-state index contributed by atoms with van der Waals surface area (Å²) < 4.78 is 51.3. The molecule has 1 aromatic carbocycles. The Kier molecular flexibility index (Phi) is 5.59. The molecule has 0 radical (unpaired) electrons. The molecule has 1 aromatic rings. The minimum Gasteiger partial charge on any atom is -0.753 e. The molecule has 0 saturated carbocycles. The third-order valence-electron chi connectivity index (χ3n) is 1.85. The van der Waals surface area contributed by atoms with E-state index < -0.39 is 31.9 Å². The average molecular weight is 323 g/mol. The van der Waals surface area contributed by atoms with E-state index in [1.165, 1.54) is 12.1 Å². The molecule has 9 nitrogen and oxygen atoms in total. The number of carbonyl (C=O) groups is 1. The number of hydroxylamine groups is 1. The molecule has 0 aromatic heterocycles. The summed E-state index contributed by atoms with van der Waals surface area (Å²) in [4.78, 5) is 11.5. The number of carbonyl (C=O) groups excluding carboxylic acids is 1. The smallest absolute Gasteiger partial charge is 0.452 e. The summed E-state index contributed by atoms with van der Waals surface area (Å²) in [6, 6.07) is 5.84. The Labute approximate surface area is 117 Å². The number of nitrogens with zero attached hydrogens (tertiary/aromatic N) is 1. The molecule has 0 aliphatic heterocycles. The van der Waals surface area contributed by atoms with E-state index in [0.29, 0.717) is 6.26 Å². The normalized spacial score (nSPS) is 12.8. The number of amides is 1. The second-order valence-electron chi connectivity index (χ2n) is 3.47. The molecular formula is C9H11N2O7S2-. The van der Waals surface area contributed by atoms with E-state index >= 15 is 0 Å². The van der Waals surface area contributed by atoms with Crippen LogP contribution in [0.1, 0.15) is 5.56 Å². The summed E-state index contributed by atoms with van der Waals surface area (Å²) >= 11 is -3.27. The van der Waals surface area contributed by atoms with Gasteiger partial charge in [-0.25, -0.2) is 9.00 Å². The quantitative estimate of drug-likeness (QED) is 0.572. The van der Waals surface area contributed by atoms with Gasteiger partial charge in [0.05, 0.1) is 17.5 Å². The largest absolute Gasteiger partial charge is 0.753 e. The lowest BCUT2D eigenvalue weighted by Gasteiger charge is -2.20. The molecule has 2 N–H and O–H groups in total. The van der Waals surface area contributed by atoms with Crippen LogP contribution in [0.3, 0.4) is 0 Å². The number of hydrogen-bond donors (Lipinski definition) is 1. The van der Waals surface area contributed by atoms with Crippen molar-refractivity contribution >= 4 is 27.5 Å². The van der Waals surface area contributed by atoms with Crippen LogP contribution in [0.4, 0.5) is 4.79 Å². The molecule has 0 aliphatic carbocycles. The van der Waals surface area contributed by atoms with Gasteiger partial charge in [0, 0.05) is 6.54 Å². The highest BCUT2D eigenvalue weighted by molar-refractivity contribution is 7.86. The van der Waals surface area contributed by atoms with Gasteiger partial charge in [-0.1, -0.05) is 16.6 Å². The van der Waals surface area contributed by atoms with Gasteiger partial charge in [-0.05, 0) is 17.7 Å². The molecule has 112 valence electrons. The molecule has 0 heterocycles. The van der Waals surface area contributed by atoms with Crippen molar-refractivity contribution < 1.29 is 31.0 Å². The Bertz CT molecular complexity index is 599. The molecule has 1 rings (SSSR count). The van der Waals surface area contributed by atoms with E-state index in [-0.39, 0.29) is 12.3 Å². The summed E-state index contributed by atoms with van der Waals surface area (Å²) in [6.07, 6.45) is -0.944. The van der Waals surface area contributed by atoms with Gasteiger partial charge in [0.25, 0.3) is 10.1 Å². The van der Waals surface area contributed by atoms with Crippen LogP contribution in [-0.4, -0.2) is 34.0 Å². The van der Waals surface area contributed by atoms with E-state index in [1.54, 1.807) is 12.1 Å². The van der Waals surface area contributed by atoms with Gasteiger partial charge < -0.3 is 15.0 Å². The zero-order valence-corrected chi connectivity index (χ0v) is 11.8. The minimum absolute atomic E-state index is 0.000231. The SMILES string of the molecule is CS(=O)(=O)ON(C(=O)Oc1ccc(CN)cc1)S(=O)[O-]. The van der Waals surface area contributed by atoms with Crippen LogP contribution in [0.25, 0.3) is 0 Å². The maximum Gasteiger partial charge on any atom is 0.452 e. The molecule has 1 unspecified atom stereocenters. The van der Waals surface area contributed by atoms with Crippen LogP contribution in [0.2, 0.25) is 0 Å². The number of hydrogen-bond acceptors (Lipinski definition) is 8. The molecular weight excluding hydrogens is 312 g/mol. The number of nitrogens with two attached hydrogens (primary N) is 1. The zero-order chi connectivity index (χ0) is 15.3. The van der Waals surface area contributed by atoms with E-state index in [9.17, 15) is 22.0 Å². The van der Waals surface area contributed by atoms with Gasteiger partial charge in [-0.3, -0.25) is 0 Å². The van der Waals surface area contributed by atoms with Crippen LogP contribution in [0, 0.1) is 0 Å². The van der Waals surface area contributed by atoms with Gasteiger partial charge >= 0.3 is 6.09 Å². The number of rotatable bonds is 5. The van der Waals surface area contributed by atoms with Crippen molar-refractivity contribution in [3.05, 3.63) is 29.8 Å². The third kappa shape index (κ3) is 5.22. The molecule has 0 fully saturated rings. The predicted octanol–water partition coefficient (Wildman–Crippen LogP) is -0.369. The highest BCUT2D eigenvalue weighted by Gasteiger charge is 2.23. The monoisotopic (exact) mass is 323 g/mol. The van der Waals surface area contributed by atoms with E-state index in [1.807, 2.05) is 0 Å². The molecule has 20 heavy (non-hydrogen) atoms. The summed E-state index contributed by atoms with van der Waals surface area (Å²) in [5, 5.41) is 0. The molecule has 11 heteroatoms. The van der Waals surface area contributed by atoms with Gasteiger partial charge in [-0.15, -0.1) is 4.28 Å². The fourth-order valence-corrected chi connectivity index (χ4v) is 2.07. The zero-order valence-electron chi connectivity index (χ0n) is 10.2. The first-order valence-corrected chi connectivity index (χ1v) is 7.87. The Morgan fingerprint density at radius 3 is 2.35 bits per heavy atom. The molecule has 0 spiro atoms. The highest BCUT2D eigenvalue weighted by Crippen LogP contribution is 2.14. The first-order valence-electron chi connectivity index (χ1n) is 5.03. The highest BCUT2D eigenvalue weighted by atomic mass is 32.2. The fourth-order valence-electron chi connectivity index (χ4n) is 1.07. The maximum absolute atomic E-state index is 11.5. The Morgan fingerprint density at radius 2 is 1.95 bits per heavy atom. The molecule has 1 amide bonds. The Balaban J connectivity index is 2.82. The van der Waals surface area contributed by atoms with Gasteiger partial charge in [-0.2, -0.15) is 8.42 Å². The maximum atomic E-state index is 11.5.